The maximum Gasteiger partial charge on any atom is 0.0357 e. The van der Waals surface area contributed by atoms with Crippen molar-refractivity contribution in [1.29, 1.82) is 0 Å². The Morgan fingerprint density at radius 2 is 1.38 bits per heavy atom. The van der Waals surface area contributed by atoms with Crippen molar-refractivity contribution in [2.24, 2.45) is 22.7 Å². The van der Waals surface area contributed by atoms with Gasteiger partial charge in [0, 0.05) is 24.3 Å². The molecule has 0 bridgehead atoms. The van der Waals surface area contributed by atoms with E-state index in [1.165, 1.54) is 60.8 Å². The number of allylic oxidation sites excluding steroid dienone is 12. The molecule has 0 amide bonds. The normalized spacial score (nSPS) is 20.9. The highest BCUT2D eigenvalue weighted by atomic mass is 14.3. The molecule has 0 heterocycles. The van der Waals surface area contributed by atoms with E-state index in [-0.39, 0.29) is 16.7 Å². The summed E-state index contributed by atoms with van der Waals surface area (Å²) in [4.78, 5) is 0. The summed E-state index contributed by atoms with van der Waals surface area (Å²) >= 11 is 0. The molecule has 0 nitrogen and oxygen atoms in total. The minimum Gasteiger partial charge on any atom is -0.102 e. The molecule has 0 aliphatic heterocycles. The molecule has 0 aromatic rings. The van der Waals surface area contributed by atoms with Gasteiger partial charge in [0.25, 0.3) is 0 Å². The fraction of sp³-hybridized carbons (Fsp3) is 0.550. The third-order valence-corrected chi connectivity index (χ3v) is 8.34. The van der Waals surface area contributed by atoms with Crippen LogP contribution >= 0.6 is 0 Å². The molecule has 0 saturated heterocycles. The molecule has 0 aromatic carbocycles. The van der Waals surface area contributed by atoms with Crippen LogP contribution in [0, 0.1) is 58.2 Å². The quantitative estimate of drug-likeness (QED) is 0.235. The van der Waals surface area contributed by atoms with Crippen molar-refractivity contribution >= 4 is 0 Å². The zero-order chi connectivity index (χ0) is 29.8. The van der Waals surface area contributed by atoms with Crippen molar-refractivity contribution in [3.63, 3.8) is 0 Å². The van der Waals surface area contributed by atoms with Gasteiger partial charge in [-0.3, -0.25) is 0 Å². The lowest BCUT2D eigenvalue weighted by Crippen LogP contribution is -2.19. The fourth-order valence-electron chi connectivity index (χ4n) is 5.73. The van der Waals surface area contributed by atoms with Gasteiger partial charge >= 0.3 is 0 Å². The van der Waals surface area contributed by atoms with E-state index in [2.05, 4.69) is 122 Å². The van der Waals surface area contributed by atoms with Crippen LogP contribution in [-0.4, -0.2) is 0 Å². The molecule has 2 atom stereocenters. The van der Waals surface area contributed by atoms with E-state index in [0.717, 1.165) is 18.4 Å². The zero-order valence-corrected chi connectivity index (χ0v) is 27.3. The Morgan fingerprint density at radius 1 is 0.800 bits per heavy atom. The first kappa shape index (κ1) is 33.3. The molecule has 0 heteroatoms. The predicted molar refractivity (Wildman–Crippen MR) is 177 cm³/mol. The molecular weight excluding hydrogens is 480 g/mol. The standard InChI is InChI=1S/C40H54/c1-31(19-13-21-33(3)25-27-37-35(5)23-15-29-39(37,7)8)17-11-12-18-32(2)20-14-22-34(4)26-28-38-36(6)24-16-30-40(38,9)10/h17,21,25-28,32,34H,15-16,18,20,23-24,29-30H2,1-10H3/b27-25+,28-26+,31-17+,33-21+. The molecule has 2 unspecified atom stereocenters. The van der Waals surface area contributed by atoms with Crippen LogP contribution in [0.3, 0.4) is 0 Å². The van der Waals surface area contributed by atoms with Crippen molar-refractivity contribution in [2.45, 2.75) is 121 Å². The van der Waals surface area contributed by atoms with Crippen LogP contribution in [0.4, 0.5) is 0 Å². The Morgan fingerprint density at radius 3 is 1.98 bits per heavy atom. The molecule has 0 radical (unpaired) electrons. The largest absolute Gasteiger partial charge is 0.102 e. The number of hydrogen-bond donors (Lipinski definition) is 0. The van der Waals surface area contributed by atoms with Gasteiger partial charge < -0.3 is 0 Å². The minimum atomic E-state index is 0.270. The Hall–Kier alpha value is -2.88. The molecule has 2 aliphatic carbocycles. The minimum absolute atomic E-state index is 0.270. The first-order valence-electron chi connectivity index (χ1n) is 15.4. The van der Waals surface area contributed by atoms with Gasteiger partial charge in [-0.15, -0.1) is 5.92 Å². The molecule has 214 valence electrons. The second-order valence-electron chi connectivity index (χ2n) is 13.5. The first-order valence-corrected chi connectivity index (χ1v) is 15.4. The van der Waals surface area contributed by atoms with Crippen molar-refractivity contribution in [3.05, 3.63) is 69.9 Å². The predicted octanol–water partition coefficient (Wildman–Crippen LogP) is 11.1. The van der Waals surface area contributed by atoms with Crippen LogP contribution in [0.2, 0.25) is 0 Å². The van der Waals surface area contributed by atoms with Crippen LogP contribution < -0.4 is 0 Å². The Bertz CT molecular complexity index is 1260. The van der Waals surface area contributed by atoms with Crippen molar-refractivity contribution in [1.82, 2.24) is 0 Å². The van der Waals surface area contributed by atoms with Gasteiger partial charge in [0.05, 0.1) is 0 Å². The molecule has 0 N–H and O–H groups in total. The summed E-state index contributed by atoms with van der Waals surface area (Å²) in [5.74, 6) is 20.4. The highest BCUT2D eigenvalue weighted by Crippen LogP contribution is 2.41. The molecular formula is C40H54. The molecule has 40 heavy (non-hydrogen) atoms. The van der Waals surface area contributed by atoms with Gasteiger partial charge in [0.2, 0.25) is 0 Å². The zero-order valence-electron chi connectivity index (χ0n) is 27.3. The van der Waals surface area contributed by atoms with E-state index in [0.29, 0.717) is 5.92 Å². The topological polar surface area (TPSA) is 0 Å². The molecule has 2 aliphatic rings. The molecule has 0 fully saturated rings. The van der Waals surface area contributed by atoms with Crippen LogP contribution in [-0.2, 0) is 0 Å². The highest BCUT2D eigenvalue weighted by Gasteiger charge is 2.27. The van der Waals surface area contributed by atoms with E-state index in [1.54, 1.807) is 5.57 Å². The molecule has 2 rings (SSSR count). The summed E-state index contributed by atoms with van der Waals surface area (Å²) in [6, 6.07) is 0. The van der Waals surface area contributed by atoms with E-state index in [4.69, 9.17) is 0 Å². The maximum atomic E-state index is 3.42. The third kappa shape index (κ3) is 11.3. The molecule has 0 spiro atoms. The van der Waals surface area contributed by atoms with Crippen molar-refractivity contribution in [3.8, 4) is 35.5 Å². The van der Waals surface area contributed by atoms with E-state index in [1.807, 2.05) is 19.1 Å². The lowest BCUT2D eigenvalue weighted by Gasteiger charge is -2.33. The van der Waals surface area contributed by atoms with Crippen molar-refractivity contribution < 1.29 is 0 Å². The summed E-state index contributed by atoms with van der Waals surface area (Å²) in [5.41, 5.74) is 8.80. The van der Waals surface area contributed by atoms with Crippen LogP contribution in [0.15, 0.2) is 69.9 Å². The Labute approximate surface area is 248 Å². The summed E-state index contributed by atoms with van der Waals surface area (Å²) in [7, 11) is 0. The summed E-state index contributed by atoms with van der Waals surface area (Å²) < 4.78 is 0. The maximum absolute atomic E-state index is 3.42. The second kappa shape index (κ2) is 15.8. The van der Waals surface area contributed by atoms with Gasteiger partial charge in [-0.1, -0.05) is 99.7 Å². The van der Waals surface area contributed by atoms with E-state index >= 15 is 0 Å². The Balaban J connectivity index is 1.83. The average molecular weight is 535 g/mol. The third-order valence-electron chi connectivity index (χ3n) is 8.34. The molecule has 0 saturated carbocycles. The SMILES string of the molecule is CC1=C(/C=C/C(C)=C/C#C/C(C)=C/C#CCC(C)CC#CC(C)/C=C/C2=C(C)CCCC2(C)C)C(C)(C)CCC1. The van der Waals surface area contributed by atoms with E-state index in [9.17, 15) is 0 Å². The first-order chi connectivity index (χ1) is 18.8. The van der Waals surface area contributed by atoms with Crippen LogP contribution in [0.25, 0.3) is 0 Å². The smallest absolute Gasteiger partial charge is 0.0357 e. The lowest BCUT2D eigenvalue weighted by atomic mass is 9.72. The molecule has 0 aromatic heterocycles. The van der Waals surface area contributed by atoms with Crippen LogP contribution in [0.5, 0.6) is 0 Å². The van der Waals surface area contributed by atoms with Gasteiger partial charge in [-0.25, -0.2) is 0 Å². The monoisotopic (exact) mass is 534 g/mol. The van der Waals surface area contributed by atoms with Gasteiger partial charge in [-0.05, 0) is 119 Å². The van der Waals surface area contributed by atoms with Gasteiger partial charge in [-0.2, -0.15) is 0 Å². The highest BCUT2D eigenvalue weighted by molar-refractivity contribution is 5.40. The Kier molecular flexibility index (Phi) is 13.2. The average Bonchev–Trinajstić information content (AvgIpc) is 2.85. The summed E-state index contributed by atoms with van der Waals surface area (Å²) in [6.07, 6.45) is 22.4. The van der Waals surface area contributed by atoms with Crippen molar-refractivity contribution in [2.75, 3.05) is 0 Å². The number of hydrogen-bond acceptors (Lipinski definition) is 0. The van der Waals surface area contributed by atoms with Gasteiger partial charge in [0.1, 0.15) is 0 Å². The fourth-order valence-corrected chi connectivity index (χ4v) is 5.73. The summed E-state index contributed by atoms with van der Waals surface area (Å²) in [6.45, 7) is 22.6. The van der Waals surface area contributed by atoms with Gasteiger partial charge in [0.15, 0.2) is 0 Å². The number of rotatable bonds is 6. The summed E-state index contributed by atoms with van der Waals surface area (Å²) in [5, 5.41) is 0. The van der Waals surface area contributed by atoms with E-state index < -0.39 is 0 Å². The van der Waals surface area contributed by atoms with Crippen LogP contribution in [0.1, 0.15) is 121 Å². The lowest BCUT2D eigenvalue weighted by molar-refractivity contribution is 0.376. The second-order valence-corrected chi connectivity index (χ2v) is 13.5.